The van der Waals surface area contributed by atoms with Crippen molar-refractivity contribution in [3.8, 4) is 11.5 Å². The number of benzene rings is 1. The van der Waals surface area contributed by atoms with E-state index in [1.807, 2.05) is 0 Å². The van der Waals surface area contributed by atoms with E-state index in [0.717, 1.165) is 6.08 Å². The Morgan fingerprint density at radius 2 is 1.86 bits per heavy atom. The zero-order valence-electron chi connectivity index (χ0n) is 16.2. The number of nitrogens with zero attached hydrogens (tertiary/aromatic N) is 2. The van der Waals surface area contributed by atoms with E-state index in [2.05, 4.69) is 28.4 Å². The third-order valence-electron chi connectivity index (χ3n) is 3.74. The van der Waals surface area contributed by atoms with Crippen LogP contribution in [0.25, 0.3) is 5.57 Å². The van der Waals surface area contributed by atoms with Gasteiger partial charge >= 0.3 is 5.97 Å². The van der Waals surface area contributed by atoms with Crippen LogP contribution in [-0.2, 0) is 4.79 Å². The highest BCUT2D eigenvalue weighted by atomic mass is 16.5. The second kappa shape index (κ2) is 9.75. The van der Waals surface area contributed by atoms with Crippen molar-refractivity contribution >= 4 is 29.0 Å². The number of nitrogen functional groups attached to an aromatic ring is 1. The summed E-state index contributed by atoms with van der Waals surface area (Å²) in [5.74, 6) is 0.669. The van der Waals surface area contributed by atoms with Crippen molar-refractivity contribution < 1.29 is 19.4 Å². The maximum absolute atomic E-state index is 10.6. The van der Waals surface area contributed by atoms with Crippen LogP contribution in [0.2, 0.25) is 0 Å². The van der Waals surface area contributed by atoms with Gasteiger partial charge in [-0.3, -0.25) is 0 Å². The molecule has 0 radical (unpaired) electrons. The van der Waals surface area contributed by atoms with Crippen LogP contribution in [-0.4, -0.2) is 35.3 Å². The van der Waals surface area contributed by atoms with Crippen LogP contribution in [0.1, 0.15) is 5.56 Å². The second-order valence-electron chi connectivity index (χ2n) is 5.77. The van der Waals surface area contributed by atoms with Gasteiger partial charge in [0.1, 0.15) is 17.3 Å². The molecule has 0 fully saturated rings. The van der Waals surface area contributed by atoms with E-state index in [4.69, 9.17) is 20.3 Å². The fourth-order valence-corrected chi connectivity index (χ4v) is 2.36. The lowest BCUT2D eigenvalue weighted by atomic mass is 10.1. The van der Waals surface area contributed by atoms with Crippen molar-refractivity contribution in [2.75, 3.05) is 25.3 Å². The molecule has 150 valence electrons. The number of rotatable bonds is 9. The van der Waals surface area contributed by atoms with Crippen LogP contribution in [0.5, 0.6) is 11.5 Å². The summed E-state index contributed by atoms with van der Waals surface area (Å²) in [5, 5.41) is 11.8. The molecule has 0 unspecified atom stereocenters. The Hall–Kier alpha value is -4.07. The summed E-state index contributed by atoms with van der Waals surface area (Å²) in [7, 11) is 3.12. The normalized spacial score (nSPS) is 11.2. The summed E-state index contributed by atoms with van der Waals surface area (Å²) in [5.41, 5.74) is 8.37. The number of ether oxygens (including phenoxy) is 2. The second-order valence-corrected chi connectivity index (χ2v) is 5.77. The van der Waals surface area contributed by atoms with Gasteiger partial charge in [-0.15, -0.1) is 0 Å². The Bertz CT molecular complexity index is 974. The molecular formula is C21H22N4O4. The summed E-state index contributed by atoms with van der Waals surface area (Å²) < 4.78 is 10.5. The largest absolute Gasteiger partial charge is 0.497 e. The molecule has 1 aromatic carbocycles. The lowest BCUT2D eigenvalue weighted by Gasteiger charge is -2.11. The number of carboxylic acids is 1. The zero-order valence-corrected chi connectivity index (χ0v) is 16.2. The Balaban J connectivity index is 2.29. The molecule has 0 bridgehead atoms. The highest BCUT2D eigenvalue weighted by Crippen LogP contribution is 2.28. The van der Waals surface area contributed by atoms with Crippen LogP contribution < -0.4 is 20.5 Å². The van der Waals surface area contributed by atoms with Crippen molar-refractivity contribution in [3.63, 3.8) is 0 Å². The third-order valence-corrected chi connectivity index (χ3v) is 3.74. The van der Waals surface area contributed by atoms with Gasteiger partial charge in [-0.2, -0.15) is 4.98 Å². The molecule has 2 rings (SSSR count). The Kier molecular flexibility index (Phi) is 7.14. The quantitative estimate of drug-likeness (QED) is 0.436. The fourth-order valence-electron chi connectivity index (χ4n) is 2.36. The van der Waals surface area contributed by atoms with Gasteiger partial charge in [-0.05, 0) is 23.3 Å². The van der Waals surface area contributed by atoms with Gasteiger partial charge < -0.3 is 25.6 Å². The Morgan fingerprint density at radius 1 is 1.21 bits per heavy atom. The van der Waals surface area contributed by atoms with Crippen molar-refractivity contribution in [3.05, 3.63) is 73.0 Å². The van der Waals surface area contributed by atoms with Gasteiger partial charge in [-0.25, -0.2) is 9.78 Å². The summed E-state index contributed by atoms with van der Waals surface area (Å²) in [4.78, 5) is 19.2. The molecule has 0 aliphatic heterocycles. The third kappa shape index (κ3) is 5.96. The molecule has 0 aliphatic rings. The number of methoxy groups -OCH3 is 2. The van der Waals surface area contributed by atoms with Crippen molar-refractivity contribution in [2.45, 2.75) is 0 Å². The number of anilines is 3. The summed E-state index contributed by atoms with van der Waals surface area (Å²) in [6.07, 6.45) is 7.12. The number of aliphatic carboxylic acids is 1. The van der Waals surface area contributed by atoms with E-state index in [-0.39, 0.29) is 11.8 Å². The number of carboxylic acid groups (broad SMARTS) is 1. The number of hydrogen-bond donors (Lipinski definition) is 3. The molecule has 0 spiro atoms. The molecule has 0 aliphatic carbocycles. The Labute approximate surface area is 168 Å². The first-order valence-corrected chi connectivity index (χ1v) is 8.43. The van der Waals surface area contributed by atoms with Crippen LogP contribution in [0.4, 0.5) is 17.5 Å². The lowest BCUT2D eigenvalue weighted by Crippen LogP contribution is -2.04. The first-order valence-electron chi connectivity index (χ1n) is 8.43. The minimum absolute atomic E-state index is 0.221. The molecular weight excluding hydrogens is 372 g/mol. The Morgan fingerprint density at radius 3 is 2.38 bits per heavy atom. The van der Waals surface area contributed by atoms with Crippen molar-refractivity contribution in [2.24, 2.45) is 0 Å². The van der Waals surface area contributed by atoms with E-state index in [0.29, 0.717) is 33.9 Å². The monoisotopic (exact) mass is 394 g/mol. The van der Waals surface area contributed by atoms with E-state index < -0.39 is 5.97 Å². The molecule has 8 nitrogen and oxygen atoms in total. The average molecular weight is 394 g/mol. The van der Waals surface area contributed by atoms with Gasteiger partial charge in [0.05, 0.1) is 14.2 Å². The molecule has 0 saturated carbocycles. The number of hydrogen-bond acceptors (Lipinski definition) is 7. The average Bonchev–Trinajstić information content (AvgIpc) is 2.70. The van der Waals surface area contributed by atoms with Crippen LogP contribution in [0.15, 0.2) is 67.4 Å². The number of nitrogens with one attached hydrogen (secondary N) is 1. The maximum Gasteiger partial charge on any atom is 0.328 e. The molecule has 2 aromatic rings. The smallest absolute Gasteiger partial charge is 0.328 e. The van der Waals surface area contributed by atoms with E-state index >= 15 is 0 Å². The van der Waals surface area contributed by atoms with Crippen molar-refractivity contribution in [1.29, 1.82) is 0 Å². The van der Waals surface area contributed by atoms with E-state index in [1.165, 1.54) is 6.08 Å². The van der Waals surface area contributed by atoms with Crippen LogP contribution >= 0.6 is 0 Å². The molecule has 8 heteroatoms. The van der Waals surface area contributed by atoms with Gasteiger partial charge in [0.2, 0.25) is 5.95 Å². The maximum atomic E-state index is 10.6. The highest BCUT2D eigenvalue weighted by Gasteiger charge is 2.09. The minimum atomic E-state index is -1.06. The predicted molar refractivity (Wildman–Crippen MR) is 113 cm³/mol. The highest BCUT2D eigenvalue weighted by molar-refractivity contribution is 5.83. The van der Waals surface area contributed by atoms with Gasteiger partial charge in [0.25, 0.3) is 0 Å². The molecule has 0 saturated heterocycles. The minimum Gasteiger partial charge on any atom is -0.497 e. The molecule has 0 atom stereocenters. The molecule has 4 N–H and O–H groups in total. The number of nitrogens with two attached hydrogens (primary N) is 1. The number of carbonyl (C=O) groups is 1. The lowest BCUT2D eigenvalue weighted by molar-refractivity contribution is -0.131. The summed E-state index contributed by atoms with van der Waals surface area (Å²) >= 11 is 0. The standard InChI is InChI=1S/C21H22N4O4/c1-5-14(8-13(2)6-7-19(26)27)18-12-23-21(25-20(18)22)24-15-9-16(28-3)11-17(10-15)29-4/h5-12H,1-2H2,3-4H3,(H,26,27)(H3,22,23,24,25)/b7-6+,14-8+. The zero-order chi connectivity index (χ0) is 21.4. The first-order chi connectivity index (χ1) is 13.9. The van der Waals surface area contributed by atoms with E-state index in [1.54, 1.807) is 50.8 Å². The molecule has 1 aromatic heterocycles. The topological polar surface area (TPSA) is 120 Å². The van der Waals surface area contributed by atoms with Crippen LogP contribution in [0.3, 0.4) is 0 Å². The fraction of sp³-hybridized carbons (Fsp3) is 0.0952. The van der Waals surface area contributed by atoms with Gasteiger partial charge in [0.15, 0.2) is 0 Å². The SMILES string of the molecule is C=C/C(=C\C(=C)/C=C/C(=O)O)c1cnc(Nc2cc(OC)cc(OC)c2)nc1N. The first kappa shape index (κ1) is 21.2. The summed E-state index contributed by atoms with van der Waals surface area (Å²) in [6.45, 7) is 7.53. The van der Waals surface area contributed by atoms with Gasteiger partial charge in [0, 0.05) is 41.7 Å². The summed E-state index contributed by atoms with van der Waals surface area (Å²) in [6, 6.07) is 5.28. The van der Waals surface area contributed by atoms with Crippen LogP contribution in [0, 0.1) is 0 Å². The van der Waals surface area contributed by atoms with Crippen molar-refractivity contribution in [1.82, 2.24) is 9.97 Å². The van der Waals surface area contributed by atoms with E-state index in [9.17, 15) is 4.79 Å². The molecule has 0 amide bonds. The predicted octanol–water partition coefficient (Wildman–Crippen LogP) is 3.59. The molecule has 1 heterocycles. The van der Waals surface area contributed by atoms with Gasteiger partial charge in [-0.1, -0.05) is 19.2 Å². The number of aromatic nitrogens is 2. The molecule has 29 heavy (non-hydrogen) atoms. The number of allylic oxidation sites excluding steroid dienone is 5.